The van der Waals surface area contributed by atoms with Gasteiger partial charge in [-0.05, 0) is 13.8 Å². The van der Waals surface area contributed by atoms with Crippen LogP contribution in [0.2, 0.25) is 0 Å². The molecule has 20 heavy (non-hydrogen) atoms. The second-order valence-electron chi connectivity index (χ2n) is 5.06. The van der Waals surface area contributed by atoms with E-state index in [1.54, 1.807) is 6.20 Å². The zero-order chi connectivity index (χ0) is 13.8. The van der Waals surface area contributed by atoms with Gasteiger partial charge in [0.25, 0.3) is 0 Å². The predicted molar refractivity (Wildman–Crippen MR) is 78.9 cm³/mol. The van der Waals surface area contributed by atoms with Crippen molar-refractivity contribution in [2.75, 3.05) is 26.2 Å². The number of piperazine rings is 1. The molecule has 2 rings (SSSR count). The van der Waals surface area contributed by atoms with E-state index in [4.69, 9.17) is 4.74 Å². The highest BCUT2D eigenvalue weighted by atomic mass is 35.5. The zero-order valence-electron chi connectivity index (χ0n) is 12.2. The van der Waals surface area contributed by atoms with Gasteiger partial charge in [-0.15, -0.1) is 12.4 Å². The average Bonchev–Trinajstić information content (AvgIpc) is 2.82. The van der Waals surface area contributed by atoms with Gasteiger partial charge >= 0.3 is 0 Å². The number of carbonyl (C=O) groups excluding carboxylic acids is 1. The van der Waals surface area contributed by atoms with Gasteiger partial charge in [-0.2, -0.15) is 0 Å². The Bertz CT molecular complexity index is 436. The van der Waals surface area contributed by atoms with Crippen LogP contribution in [-0.2, 0) is 16.6 Å². The lowest BCUT2D eigenvalue weighted by Gasteiger charge is -2.35. The Morgan fingerprint density at radius 3 is 2.95 bits per heavy atom. The van der Waals surface area contributed by atoms with E-state index in [2.05, 4.69) is 10.3 Å². The molecule has 6 nitrogen and oxygen atoms in total. The molecular weight excluding hydrogens is 280 g/mol. The normalized spacial score (nSPS) is 19.0. The van der Waals surface area contributed by atoms with Crippen LogP contribution < -0.4 is 5.32 Å². The Kier molecular flexibility index (Phi) is 6.45. The number of rotatable bonds is 4. The molecule has 114 valence electrons. The van der Waals surface area contributed by atoms with Crippen LogP contribution >= 0.6 is 12.4 Å². The minimum Gasteiger partial charge on any atom is -0.369 e. The Balaban J connectivity index is 0.00000200. The van der Waals surface area contributed by atoms with Gasteiger partial charge in [-0.25, -0.2) is 4.98 Å². The van der Waals surface area contributed by atoms with Crippen molar-refractivity contribution in [1.82, 2.24) is 19.8 Å². The van der Waals surface area contributed by atoms with Crippen molar-refractivity contribution >= 4 is 18.3 Å². The summed E-state index contributed by atoms with van der Waals surface area (Å²) in [6, 6.07) is -0.0167. The van der Waals surface area contributed by atoms with Crippen LogP contribution in [0.4, 0.5) is 0 Å². The first kappa shape index (κ1) is 16.9. The molecule has 0 spiro atoms. The van der Waals surface area contributed by atoms with Gasteiger partial charge in [0.05, 0.1) is 6.10 Å². The Labute approximate surface area is 125 Å². The van der Waals surface area contributed by atoms with Gasteiger partial charge in [-0.1, -0.05) is 0 Å². The third-order valence-electron chi connectivity index (χ3n) is 3.26. The topological polar surface area (TPSA) is 59.4 Å². The van der Waals surface area contributed by atoms with Crippen molar-refractivity contribution in [3.8, 4) is 0 Å². The minimum absolute atomic E-state index is 0. The number of aryl methyl sites for hydroxylation is 1. The maximum Gasteiger partial charge on any atom is 0.249 e. The van der Waals surface area contributed by atoms with E-state index in [-0.39, 0.29) is 37.1 Å². The fourth-order valence-corrected chi connectivity index (χ4v) is 2.25. The van der Waals surface area contributed by atoms with Gasteiger partial charge in [0, 0.05) is 39.1 Å². The standard InChI is InChI=1S/C13H22N4O2.ClH/c1-10(2)19-9-12(18)17-7-4-14-8-11(17)13-15-5-6-16(13)3;/h5-6,10-11,14H,4,7-9H2,1-3H3;1H. The summed E-state index contributed by atoms with van der Waals surface area (Å²) in [6.07, 6.45) is 3.73. The first-order valence-electron chi connectivity index (χ1n) is 6.68. The van der Waals surface area contributed by atoms with Crippen molar-refractivity contribution in [2.24, 2.45) is 7.05 Å². The van der Waals surface area contributed by atoms with Crippen molar-refractivity contribution in [3.63, 3.8) is 0 Å². The van der Waals surface area contributed by atoms with Gasteiger partial charge in [0.15, 0.2) is 0 Å². The summed E-state index contributed by atoms with van der Waals surface area (Å²) in [7, 11) is 1.95. The maximum atomic E-state index is 12.3. The first-order valence-corrected chi connectivity index (χ1v) is 6.68. The number of carbonyl (C=O) groups is 1. The number of nitrogens with one attached hydrogen (secondary N) is 1. The van der Waals surface area contributed by atoms with E-state index in [9.17, 15) is 4.79 Å². The number of halogens is 1. The first-order chi connectivity index (χ1) is 9.09. The van der Waals surface area contributed by atoms with Crippen molar-refractivity contribution in [3.05, 3.63) is 18.2 Å². The molecule has 1 aromatic heterocycles. The van der Waals surface area contributed by atoms with Crippen LogP contribution in [0.1, 0.15) is 25.7 Å². The number of imidazole rings is 1. The number of hydrogen-bond acceptors (Lipinski definition) is 4. The smallest absolute Gasteiger partial charge is 0.249 e. The number of nitrogens with zero attached hydrogens (tertiary/aromatic N) is 3. The molecule has 0 radical (unpaired) electrons. The monoisotopic (exact) mass is 302 g/mol. The fraction of sp³-hybridized carbons (Fsp3) is 0.692. The van der Waals surface area contributed by atoms with E-state index in [1.165, 1.54) is 0 Å². The van der Waals surface area contributed by atoms with Crippen LogP contribution in [0.25, 0.3) is 0 Å². The van der Waals surface area contributed by atoms with Gasteiger partial charge < -0.3 is 19.5 Å². The molecule has 0 aliphatic carbocycles. The Hall–Kier alpha value is -1.11. The Morgan fingerprint density at radius 2 is 2.35 bits per heavy atom. The molecule has 1 aromatic rings. The summed E-state index contributed by atoms with van der Waals surface area (Å²) in [5.41, 5.74) is 0. The van der Waals surface area contributed by atoms with Gasteiger partial charge in [-0.3, -0.25) is 4.79 Å². The van der Waals surface area contributed by atoms with E-state index < -0.39 is 0 Å². The molecule has 1 N–H and O–H groups in total. The lowest BCUT2D eigenvalue weighted by atomic mass is 10.1. The second kappa shape index (κ2) is 7.61. The molecule has 2 heterocycles. The molecule has 0 aromatic carbocycles. The van der Waals surface area contributed by atoms with Crippen molar-refractivity contribution < 1.29 is 9.53 Å². The molecule has 1 aliphatic rings. The molecule has 1 unspecified atom stereocenters. The highest BCUT2D eigenvalue weighted by Crippen LogP contribution is 2.20. The number of aromatic nitrogens is 2. The molecule has 1 saturated heterocycles. The number of ether oxygens (including phenoxy) is 1. The maximum absolute atomic E-state index is 12.3. The third kappa shape index (κ3) is 3.94. The van der Waals surface area contributed by atoms with Crippen molar-refractivity contribution in [2.45, 2.75) is 26.0 Å². The fourth-order valence-electron chi connectivity index (χ4n) is 2.25. The molecule has 1 amide bonds. The Morgan fingerprint density at radius 1 is 1.60 bits per heavy atom. The van der Waals surface area contributed by atoms with Crippen LogP contribution in [0.15, 0.2) is 12.4 Å². The average molecular weight is 303 g/mol. The van der Waals surface area contributed by atoms with E-state index >= 15 is 0 Å². The van der Waals surface area contributed by atoms with E-state index in [0.717, 1.165) is 18.9 Å². The van der Waals surface area contributed by atoms with Crippen molar-refractivity contribution in [1.29, 1.82) is 0 Å². The summed E-state index contributed by atoms with van der Waals surface area (Å²) < 4.78 is 7.37. The highest BCUT2D eigenvalue weighted by molar-refractivity contribution is 5.85. The molecular formula is C13H23ClN4O2. The van der Waals surface area contributed by atoms with Gasteiger partial charge in [0.1, 0.15) is 18.5 Å². The zero-order valence-corrected chi connectivity index (χ0v) is 13.0. The highest BCUT2D eigenvalue weighted by Gasteiger charge is 2.30. The lowest BCUT2D eigenvalue weighted by molar-refractivity contribution is -0.141. The SMILES string of the molecule is CC(C)OCC(=O)N1CCNCC1c1nccn1C.Cl. The number of hydrogen-bond donors (Lipinski definition) is 1. The quantitative estimate of drug-likeness (QED) is 0.891. The largest absolute Gasteiger partial charge is 0.369 e. The van der Waals surface area contributed by atoms with Crippen LogP contribution in [0.5, 0.6) is 0 Å². The molecule has 1 fully saturated rings. The summed E-state index contributed by atoms with van der Waals surface area (Å²) in [5.74, 6) is 0.938. The third-order valence-corrected chi connectivity index (χ3v) is 3.26. The summed E-state index contributed by atoms with van der Waals surface area (Å²) in [4.78, 5) is 18.5. The lowest BCUT2D eigenvalue weighted by Crippen LogP contribution is -2.50. The van der Waals surface area contributed by atoms with Gasteiger partial charge in [0.2, 0.25) is 5.91 Å². The van der Waals surface area contributed by atoms with Crippen LogP contribution in [-0.4, -0.2) is 52.7 Å². The number of amides is 1. The van der Waals surface area contributed by atoms with Crippen LogP contribution in [0, 0.1) is 0 Å². The minimum atomic E-state index is -0.0167. The molecule has 7 heteroatoms. The summed E-state index contributed by atoms with van der Waals surface area (Å²) in [5, 5.41) is 3.31. The predicted octanol–water partition coefficient (Wildman–Crippen LogP) is 0.740. The van der Waals surface area contributed by atoms with Crippen LogP contribution in [0.3, 0.4) is 0 Å². The molecule has 0 saturated carbocycles. The molecule has 1 aliphatic heterocycles. The second-order valence-corrected chi connectivity index (χ2v) is 5.06. The summed E-state index contributed by atoms with van der Waals surface area (Å²) >= 11 is 0. The molecule has 0 bridgehead atoms. The van der Waals surface area contributed by atoms with E-state index in [1.807, 2.05) is 36.6 Å². The summed E-state index contributed by atoms with van der Waals surface area (Å²) in [6.45, 7) is 6.24. The van der Waals surface area contributed by atoms with E-state index in [0.29, 0.717) is 6.54 Å². The molecule has 1 atom stereocenters.